The van der Waals surface area contributed by atoms with Crippen LogP contribution in [0.15, 0.2) is 0 Å². The molecule has 112 valence electrons. The summed E-state index contributed by atoms with van der Waals surface area (Å²) in [4.78, 5) is 11.6. The van der Waals surface area contributed by atoms with E-state index in [1.165, 1.54) is 0 Å². The summed E-state index contributed by atoms with van der Waals surface area (Å²) in [6.07, 6.45) is -2.31. The standard InChI is InChI=1S/C12H23NO6/c1-2-3-4-5-8(15)13-9-11(17)10(16)7(6-14)19-12(9)18/h7,9-12,14,16-18H,2-6H2,1H3,(H,13,15)/t7-,9-,10-,11-,12+/m1/s1. The lowest BCUT2D eigenvalue weighted by molar-refractivity contribution is -0.253. The molecule has 0 aromatic heterocycles. The summed E-state index contributed by atoms with van der Waals surface area (Å²) in [5, 5.41) is 40.5. The zero-order valence-electron chi connectivity index (χ0n) is 11.0. The minimum atomic E-state index is -1.45. The smallest absolute Gasteiger partial charge is 0.220 e. The molecule has 7 nitrogen and oxygen atoms in total. The molecular weight excluding hydrogens is 254 g/mol. The Balaban J connectivity index is 2.50. The van der Waals surface area contributed by atoms with Gasteiger partial charge in [0.25, 0.3) is 0 Å². The van der Waals surface area contributed by atoms with Crippen LogP contribution in [0.2, 0.25) is 0 Å². The molecule has 0 aromatic rings. The second-order valence-corrected chi connectivity index (χ2v) is 4.78. The van der Waals surface area contributed by atoms with Crippen molar-refractivity contribution in [1.82, 2.24) is 5.32 Å². The van der Waals surface area contributed by atoms with Crippen LogP contribution < -0.4 is 5.32 Å². The average Bonchev–Trinajstić information content (AvgIpc) is 2.39. The van der Waals surface area contributed by atoms with Gasteiger partial charge in [0.2, 0.25) is 5.91 Å². The first-order chi connectivity index (χ1) is 9.01. The van der Waals surface area contributed by atoms with Gasteiger partial charge in [-0.25, -0.2) is 0 Å². The molecule has 1 aliphatic rings. The molecule has 0 bridgehead atoms. The van der Waals surface area contributed by atoms with Crippen molar-refractivity contribution in [2.24, 2.45) is 0 Å². The molecular formula is C12H23NO6. The number of carbonyl (C=O) groups is 1. The second kappa shape index (κ2) is 7.76. The van der Waals surface area contributed by atoms with E-state index in [2.05, 4.69) is 5.32 Å². The lowest BCUT2D eigenvalue weighted by atomic mass is 9.97. The number of aliphatic hydroxyl groups excluding tert-OH is 4. The molecule has 1 rings (SSSR count). The third-order valence-electron chi connectivity index (χ3n) is 3.24. The predicted molar refractivity (Wildman–Crippen MR) is 66.1 cm³/mol. The molecule has 1 heterocycles. The van der Waals surface area contributed by atoms with E-state index >= 15 is 0 Å². The van der Waals surface area contributed by atoms with Gasteiger partial charge in [0, 0.05) is 6.42 Å². The van der Waals surface area contributed by atoms with Gasteiger partial charge in [0.1, 0.15) is 24.4 Å². The maximum absolute atomic E-state index is 11.6. The van der Waals surface area contributed by atoms with Gasteiger partial charge in [-0.2, -0.15) is 0 Å². The van der Waals surface area contributed by atoms with Crippen molar-refractivity contribution < 1.29 is 30.0 Å². The van der Waals surface area contributed by atoms with Crippen LogP contribution >= 0.6 is 0 Å². The molecule has 1 amide bonds. The van der Waals surface area contributed by atoms with E-state index in [1.54, 1.807) is 0 Å². The Morgan fingerprint density at radius 2 is 1.89 bits per heavy atom. The maximum Gasteiger partial charge on any atom is 0.220 e. The molecule has 7 heteroatoms. The van der Waals surface area contributed by atoms with E-state index in [0.29, 0.717) is 6.42 Å². The highest BCUT2D eigenvalue weighted by atomic mass is 16.6. The Kier molecular flexibility index (Phi) is 6.67. The molecule has 0 aliphatic carbocycles. The van der Waals surface area contributed by atoms with E-state index in [-0.39, 0.29) is 5.91 Å². The number of rotatable bonds is 6. The molecule has 1 aliphatic heterocycles. The molecule has 5 N–H and O–H groups in total. The van der Waals surface area contributed by atoms with E-state index in [0.717, 1.165) is 19.3 Å². The quantitative estimate of drug-likeness (QED) is 0.376. The number of carbonyl (C=O) groups excluding carboxylic acids is 1. The largest absolute Gasteiger partial charge is 0.394 e. The third-order valence-corrected chi connectivity index (χ3v) is 3.24. The maximum atomic E-state index is 11.6. The number of amides is 1. The summed E-state index contributed by atoms with van der Waals surface area (Å²) in [6, 6.07) is -1.09. The first kappa shape index (κ1) is 16.3. The van der Waals surface area contributed by atoms with E-state index in [9.17, 15) is 20.1 Å². The average molecular weight is 277 g/mol. The van der Waals surface area contributed by atoms with Crippen LogP contribution in [0.25, 0.3) is 0 Å². The number of nitrogens with one attached hydrogen (secondary N) is 1. The van der Waals surface area contributed by atoms with E-state index < -0.39 is 37.3 Å². The van der Waals surface area contributed by atoms with Crippen LogP contribution in [0.3, 0.4) is 0 Å². The molecule has 0 unspecified atom stereocenters. The Morgan fingerprint density at radius 3 is 2.47 bits per heavy atom. The Morgan fingerprint density at radius 1 is 1.21 bits per heavy atom. The van der Waals surface area contributed by atoms with Crippen molar-refractivity contribution in [1.29, 1.82) is 0 Å². The number of aliphatic hydroxyl groups is 4. The monoisotopic (exact) mass is 277 g/mol. The van der Waals surface area contributed by atoms with E-state index in [4.69, 9.17) is 9.84 Å². The second-order valence-electron chi connectivity index (χ2n) is 4.78. The molecule has 0 aromatic carbocycles. The van der Waals surface area contributed by atoms with Crippen LogP contribution in [-0.4, -0.2) is 63.6 Å². The number of hydrogen-bond donors (Lipinski definition) is 5. The van der Waals surface area contributed by atoms with Gasteiger partial charge in [-0.05, 0) is 6.42 Å². The van der Waals surface area contributed by atoms with Gasteiger partial charge < -0.3 is 30.5 Å². The summed E-state index contributed by atoms with van der Waals surface area (Å²) in [5.41, 5.74) is 0. The van der Waals surface area contributed by atoms with Crippen LogP contribution in [-0.2, 0) is 9.53 Å². The van der Waals surface area contributed by atoms with Crippen LogP contribution in [0.1, 0.15) is 32.6 Å². The minimum Gasteiger partial charge on any atom is -0.394 e. The van der Waals surface area contributed by atoms with Crippen LogP contribution in [0.5, 0.6) is 0 Å². The number of hydrogen-bond acceptors (Lipinski definition) is 6. The summed E-state index contributed by atoms with van der Waals surface area (Å²) in [7, 11) is 0. The van der Waals surface area contributed by atoms with Crippen molar-refractivity contribution in [3.8, 4) is 0 Å². The lowest BCUT2D eigenvalue weighted by Gasteiger charge is -2.40. The van der Waals surface area contributed by atoms with E-state index in [1.807, 2.05) is 6.92 Å². The Hall–Kier alpha value is -0.730. The fourth-order valence-corrected chi connectivity index (χ4v) is 2.05. The number of ether oxygens (including phenoxy) is 1. The highest BCUT2D eigenvalue weighted by Gasteiger charge is 2.44. The SMILES string of the molecule is CCCCCC(=O)N[C@@H]1[C@@H](O)[C@H](O)[C@@H](CO)O[C@@H]1O. The van der Waals surface area contributed by atoms with Crippen LogP contribution in [0, 0.1) is 0 Å². The highest BCUT2D eigenvalue weighted by Crippen LogP contribution is 2.19. The van der Waals surface area contributed by atoms with Gasteiger partial charge in [-0.15, -0.1) is 0 Å². The fourth-order valence-electron chi connectivity index (χ4n) is 2.05. The van der Waals surface area contributed by atoms with Crippen molar-refractivity contribution in [2.45, 2.75) is 63.3 Å². The predicted octanol–water partition coefficient (Wildman–Crippen LogP) is -1.52. The first-order valence-electron chi connectivity index (χ1n) is 6.61. The lowest BCUT2D eigenvalue weighted by Crippen LogP contribution is -2.64. The molecule has 19 heavy (non-hydrogen) atoms. The molecule has 0 saturated carbocycles. The molecule has 1 fully saturated rings. The molecule has 0 spiro atoms. The van der Waals surface area contributed by atoms with Crippen molar-refractivity contribution in [3.05, 3.63) is 0 Å². The summed E-state index contributed by atoms with van der Waals surface area (Å²) < 4.78 is 4.94. The molecule has 1 saturated heterocycles. The van der Waals surface area contributed by atoms with Crippen molar-refractivity contribution in [2.75, 3.05) is 6.61 Å². The summed E-state index contributed by atoms with van der Waals surface area (Å²) >= 11 is 0. The van der Waals surface area contributed by atoms with Crippen molar-refractivity contribution >= 4 is 5.91 Å². The van der Waals surface area contributed by atoms with Gasteiger partial charge in [-0.3, -0.25) is 4.79 Å². The van der Waals surface area contributed by atoms with Gasteiger partial charge >= 0.3 is 0 Å². The zero-order valence-corrected chi connectivity index (χ0v) is 11.0. The third kappa shape index (κ3) is 4.39. The molecule has 0 radical (unpaired) electrons. The Labute approximate surface area is 112 Å². The van der Waals surface area contributed by atoms with Gasteiger partial charge in [-0.1, -0.05) is 19.8 Å². The fraction of sp³-hybridized carbons (Fsp3) is 0.917. The van der Waals surface area contributed by atoms with Gasteiger partial charge in [0.05, 0.1) is 6.61 Å². The minimum absolute atomic E-state index is 0.295. The Bertz CT molecular complexity index is 287. The number of unbranched alkanes of at least 4 members (excludes halogenated alkanes) is 2. The topological polar surface area (TPSA) is 119 Å². The van der Waals surface area contributed by atoms with Crippen molar-refractivity contribution in [3.63, 3.8) is 0 Å². The summed E-state index contributed by atoms with van der Waals surface area (Å²) in [6.45, 7) is 1.50. The van der Waals surface area contributed by atoms with Gasteiger partial charge in [0.15, 0.2) is 6.29 Å². The van der Waals surface area contributed by atoms with Crippen LogP contribution in [0.4, 0.5) is 0 Å². The highest BCUT2D eigenvalue weighted by molar-refractivity contribution is 5.76. The molecule has 5 atom stereocenters. The summed E-state index contributed by atoms with van der Waals surface area (Å²) in [5.74, 6) is -0.310. The normalized spacial score (nSPS) is 35.1. The zero-order chi connectivity index (χ0) is 14.4. The first-order valence-corrected chi connectivity index (χ1v) is 6.61.